The van der Waals surface area contributed by atoms with Gasteiger partial charge in [0.25, 0.3) is 0 Å². The normalized spacial score (nSPS) is 11.2. The first-order chi connectivity index (χ1) is 14.2. The van der Waals surface area contributed by atoms with Gasteiger partial charge in [-0.1, -0.05) is 29.0 Å². The molecule has 3 aromatic heterocycles. The molecule has 144 valence electrons. The van der Waals surface area contributed by atoms with Crippen molar-refractivity contribution in [3.8, 4) is 11.4 Å². The fourth-order valence-electron chi connectivity index (χ4n) is 3.06. The van der Waals surface area contributed by atoms with Crippen LogP contribution in [0.15, 0.2) is 55.0 Å². The molecule has 2 aromatic carbocycles. The van der Waals surface area contributed by atoms with Gasteiger partial charge in [-0.05, 0) is 43.3 Å². The Morgan fingerprint density at radius 1 is 1.17 bits per heavy atom. The van der Waals surface area contributed by atoms with Crippen molar-refractivity contribution in [1.29, 1.82) is 0 Å². The van der Waals surface area contributed by atoms with Gasteiger partial charge in [0, 0.05) is 5.02 Å². The van der Waals surface area contributed by atoms with Gasteiger partial charge in [-0.25, -0.2) is 19.6 Å². The van der Waals surface area contributed by atoms with Crippen molar-refractivity contribution >= 4 is 55.1 Å². The average Bonchev–Trinajstić information content (AvgIpc) is 3.32. The smallest absolute Gasteiger partial charge is 0.189 e. The number of ether oxygens (including phenoxy) is 1. The van der Waals surface area contributed by atoms with Crippen molar-refractivity contribution in [3.63, 3.8) is 0 Å². The van der Waals surface area contributed by atoms with Gasteiger partial charge in [0.15, 0.2) is 10.8 Å². The lowest BCUT2D eigenvalue weighted by Crippen LogP contribution is -1.99. The molecule has 0 bridgehead atoms. The number of anilines is 2. The summed E-state index contributed by atoms with van der Waals surface area (Å²) in [5.41, 5.74) is 2.42. The van der Waals surface area contributed by atoms with E-state index in [1.165, 1.54) is 17.7 Å². The summed E-state index contributed by atoms with van der Waals surface area (Å²) < 4.78 is 8.35. The summed E-state index contributed by atoms with van der Waals surface area (Å²) in [4.78, 5) is 13.4. The summed E-state index contributed by atoms with van der Waals surface area (Å²) in [6.45, 7) is 2.60. The summed E-state index contributed by atoms with van der Waals surface area (Å²) in [7, 11) is 0. The van der Waals surface area contributed by atoms with Crippen molar-refractivity contribution in [2.75, 3.05) is 11.9 Å². The number of nitrogens with one attached hydrogen (secondary N) is 1. The molecule has 9 heteroatoms. The summed E-state index contributed by atoms with van der Waals surface area (Å²) in [6, 6.07) is 13.3. The molecule has 0 aliphatic heterocycles. The van der Waals surface area contributed by atoms with Gasteiger partial charge < -0.3 is 10.1 Å². The molecular formula is C20H15ClN6OS. The number of aromatic nitrogens is 5. The summed E-state index contributed by atoms with van der Waals surface area (Å²) in [5.74, 6) is 1.48. The van der Waals surface area contributed by atoms with E-state index < -0.39 is 0 Å². The highest BCUT2D eigenvalue weighted by molar-refractivity contribution is 7.22. The molecule has 0 saturated heterocycles. The van der Waals surface area contributed by atoms with E-state index in [0.717, 1.165) is 32.2 Å². The van der Waals surface area contributed by atoms with E-state index in [4.69, 9.17) is 16.3 Å². The molecule has 0 unspecified atom stereocenters. The molecular weight excluding hydrogens is 408 g/mol. The van der Waals surface area contributed by atoms with Gasteiger partial charge in [0.1, 0.15) is 17.9 Å². The maximum Gasteiger partial charge on any atom is 0.189 e. The Hall–Kier alpha value is -3.23. The van der Waals surface area contributed by atoms with E-state index in [0.29, 0.717) is 23.1 Å². The molecule has 0 saturated carbocycles. The topological polar surface area (TPSA) is 77.8 Å². The summed E-state index contributed by atoms with van der Waals surface area (Å²) >= 11 is 7.66. The van der Waals surface area contributed by atoms with Crippen LogP contribution in [0.25, 0.3) is 26.9 Å². The lowest BCUT2D eigenvalue weighted by molar-refractivity contribution is 0.341. The van der Waals surface area contributed by atoms with Gasteiger partial charge in [-0.2, -0.15) is 5.10 Å². The summed E-state index contributed by atoms with van der Waals surface area (Å²) in [5, 5.41) is 9.94. The Balaban J connectivity index is 1.52. The Morgan fingerprint density at radius 3 is 2.97 bits per heavy atom. The highest BCUT2D eigenvalue weighted by Crippen LogP contribution is 2.32. The lowest BCUT2D eigenvalue weighted by Gasteiger charge is -2.05. The number of hydrogen-bond donors (Lipinski definition) is 1. The minimum absolute atomic E-state index is 0.630. The molecule has 29 heavy (non-hydrogen) atoms. The minimum Gasteiger partial charge on any atom is -0.494 e. The Kier molecular flexibility index (Phi) is 4.49. The number of fused-ring (bicyclic) bond motifs is 2. The third-order valence-electron chi connectivity index (χ3n) is 4.31. The number of thiazole rings is 1. The van der Waals surface area contributed by atoms with Crippen molar-refractivity contribution in [2.45, 2.75) is 6.92 Å². The van der Waals surface area contributed by atoms with Crippen LogP contribution < -0.4 is 10.1 Å². The maximum atomic E-state index is 6.12. The van der Waals surface area contributed by atoms with Crippen molar-refractivity contribution < 1.29 is 4.74 Å². The highest BCUT2D eigenvalue weighted by atomic mass is 35.5. The first kappa shape index (κ1) is 17.8. The van der Waals surface area contributed by atoms with E-state index in [1.54, 1.807) is 10.9 Å². The number of nitrogens with zero attached hydrogens (tertiary/aromatic N) is 5. The van der Waals surface area contributed by atoms with Gasteiger partial charge in [-0.3, -0.25) is 0 Å². The number of hydrogen-bond acceptors (Lipinski definition) is 7. The van der Waals surface area contributed by atoms with Crippen LogP contribution in [-0.2, 0) is 0 Å². The van der Waals surface area contributed by atoms with E-state index in [2.05, 4.69) is 25.4 Å². The number of benzene rings is 2. The largest absolute Gasteiger partial charge is 0.494 e. The molecule has 5 rings (SSSR count). The second-order valence-electron chi connectivity index (χ2n) is 6.20. The zero-order chi connectivity index (χ0) is 19.8. The van der Waals surface area contributed by atoms with Crippen molar-refractivity contribution in [1.82, 2.24) is 24.7 Å². The Morgan fingerprint density at radius 2 is 2.10 bits per heavy atom. The van der Waals surface area contributed by atoms with Crippen molar-refractivity contribution in [2.24, 2.45) is 0 Å². The molecule has 3 heterocycles. The number of halogens is 1. The molecule has 7 nitrogen and oxygen atoms in total. The molecule has 0 spiro atoms. The van der Waals surface area contributed by atoms with Crippen LogP contribution in [-0.4, -0.2) is 31.3 Å². The van der Waals surface area contributed by atoms with Crippen LogP contribution in [0.2, 0.25) is 5.02 Å². The highest BCUT2D eigenvalue weighted by Gasteiger charge is 2.13. The second kappa shape index (κ2) is 7.31. The second-order valence-corrected chi connectivity index (χ2v) is 7.67. The van der Waals surface area contributed by atoms with E-state index in [9.17, 15) is 0 Å². The van der Waals surface area contributed by atoms with Crippen LogP contribution in [0.4, 0.5) is 10.9 Å². The van der Waals surface area contributed by atoms with E-state index in [1.807, 2.05) is 49.4 Å². The first-order valence-electron chi connectivity index (χ1n) is 8.96. The Bertz CT molecular complexity index is 1330. The molecule has 0 radical (unpaired) electrons. The zero-order valence-electron chi connectivity index (χ0n) is 15.3. The van der Waals surface area contributed by atoms with E-state index >= 15 is 0 Å². The monoisotopic (exact) mass is 422 g/mol. The van der Waals surface area contributed by atoms with Crippen LogP contribution in [0, 0.1) is 0 Å². The lowest BCUT2D eigenvalue weighted by atomic mass is 10.3. The van der Waals surface area contributed by atoms with Gasteiger partial charge in [-0.15, -0.1) is 0 Å². The molecule has 0 aliphatic carbocycles. The molecule has 0 amide bonds. The van der Waals surface area contributed by atoms with Crippen LogP contribution in [0.1, 0.15) is 6.92 Å². The molecule has 1 N–H and O–H groups in total. The van der Waals surface area contributed by atoms with Crippen molar-refractivity contribution in [3.05, 3.63) is 60.0 Å². The molecule has 5 aromatic rings. The quantitative estimate of drug-likeness (QED) is 0.418. The first-order valence-corrected chi connectivity index (χ1v) is 10.2. The minimum atomic E-state index is 0.630. The zero-order valence-corrected chi connectivity index (χ0v) is 16.9. The van der Waals surface area contributed by atoms with Gasteiger partial charge in [0.05, 0.1) is 34.1 Å². The molecule has 0 fully saturated rings. The third kappa shape index (κ3) is 3.37. The van der Waals surface area contributed by atoms with Gasteiger partial charge in [0.2, 0.25) is 0 Å². The Labute approximate surface area is 175 Å². The predicted octanol–water partition coefficient (Wildman–Crippen LogP) is 5.22. The summed E-state index contributed by atoms with van der Waals surface area (Å²) in [6.07, 6.45) is 3.24. The van der Waals surface area contributed by atoms with Gasteiger partial charge >= 0.3 is 0 Å². The standard InChI is InChI=1S/C20H15ClN6OS/c1-2-28-14-6-7-16-17(9-14)29-20(25-16)26-18-15-10-24-27(19(15)23-11-22-18)13-5-3-4-12(21)8-13/h3-11H,2H2,1H3,(H,22,23,25,26). The number of rotatable bonds is 5. The fraction of sp³-hybridized carbons (Fsp3) is 0.100. The fourth-order valence-corrected chi connectivity index (χ4v) is 4.13. The van der Waals surface area contributed by atoms with Crippen LogP contribution in [0.3, 0.4) is 0 Å². The third-order valence-corrected chi connectivity index (χ3v) is 5.48. The molecule has 0 aliphatic rings. The van der Waals surface area contributed by atoms with Crippen LogP contribution >= 0.6 is 22.9 Å². The maximum absolute atomic E-state index is 6.12. The SMILES string of the molecule is CCOc1ccc2nc(Nc3ncnc4c3cnn4-c3cccc(Cl)c3)sc2c1. The average molecular weight is 423 g/mol. The van der Waals surface area contributed by atoms with Crippen LogP contribution in [0.5, 0.6) is 5.75 Å². The predicted molar refractivity (Wildman–Crippen MR) is 116 cm³/mol. The molecule has 0 atom stereocenters. The van der Waals surface area contributed by atoms with E-state index in [-0.39, 0.29) is 0 Å².